The summed E-state index contributed by atoms with van der Waals surface area (Å²) < 4.78 is 39.0. The van der Waals surface area contributed by atoms with Crippen LogP contribution in [0, 0.1) is 28.6 Å². The molecule has 0 radical (unpaired) electrons. The molecule has 1 aliphatic heterocycles. The van der Waals surface area contributed by atoms with Crippen LogP contribution in [-0.4, -0.2) is 57.6 Å². The normalized spacial score (nSPS) is 32.2. The Bertz CT molecular complexity index is 985. The van der Waals surface area contributed by atoms with Crippen molar-refractivity contribution in [2.75, 3.05) is 39.2 Å². The van der Waals surface area contributed by atoms with Crippen molar-refractivity contribution in [1.82, 2.24) is 4.90 Å². The minimum absolute atomic E-state index is 0.0102. The number of phenolic OH excluding ortho intramolecular Hbond substituents is 1. The molecular weight excluding hydrogens is 450 g/mol. The lowest BCUT2D eigenvalue weighted by atomic mass is 9.47. The van der Waals surface area contributed by atoms with Crippen LogP contribution in [0.2, 0.25) is 0 Å². The van der Waals surface area contributed by atoms with Crippen molar-refractivity contribution in [3.8, 4) is 11.5 Å². The molecule has 3 fully saturated rings. The molecule has 1 aromatic rings. The van der Waals surface area contributed by atoms with Gasteiger partial charge in [-0.1, -0.05) is 40.5 Å². The maximum atomic E-state index is 14.1. The summed E-state index contributed by atoms with van der Waals surface area (Å²) >= 11 is 0. The van der Waals surface area contributed by atoms with Crippen molar-refractivity contribution in [1.29, 1.82) is 0 Å². The molecule has 192 valence electrons. The summed E-state index contributed by atoms with van der Waals surface area (Å²) in [5.41, 5.74) is 0.736. The van der Waals surface area contributed by atoms with Gasteiger partial charge in [-0.25, -0.2) is 8.42 Å². The second-order valence-electron chi connectivity index (χ2n) is 11.9. The summed E-state index contributed by atoms with van der Waals surface area (Å²) in [6, 6.07) is 3.14. The number of sulfone groups is 1. The smallest absolute Gasteiger partial charge is 0.179 e. The molecule has 2 aliphatic carbocycles. The summed E-state index contributed by atoms with van der Waals surface area (Å²) in [4.78, 5) is 2.37. The molecule has 2 saturated carbocycles. The monoisotopic (exact) mass is 493 g/mol. The van der Waals surface area contributed by atoms with Crippen molar-refractivity contribution in [2.24, 2.45) is 28.6 Å². The van der Waals surface area contributed by atoms with Gasteiger partial charge in [-0.05, 0) is 53.9 Å². The summed E-state index contributed by atoms with van der Waals surface area (Å²) in [6.07, 6.45) is 5.73. The van der Waals surface area contributed by atoms with Crippen molar-refractivity contribution < 1.29 is 23.0 Å². The van der Waals surface area contributed by atoms with Gasteiger partial charge in [-0.3, -0.25) is 4.90 Å². The topological polar surface area (TPSA) is 76.1 Å². The van der Waals surface area contributed by atoms with Gasteiger partial charge in [0, 0.05) is 31.3 Å². The maximum absolute atomic E-state index is 14.1. The van der Waals surface area contributed by atoms with Crippen LogP contribution < -0.4 is 4.74 Å². The summed E-state index contributed by atoms with van der Waals surface area (Å²) in [7, 11) is -2.15. The van der Waals surface area contributed by atoms with E-state index in [-0.39, 0.29) is 33.1 Å². The number of nitrogens with zero attached hydrogens (tertiary/aromatic N) is 1. The van der Waals surface area contributed by atoms with Gasteiger partial charge < -0.3 is 14.6 Å². The Labute approximate surface area is 205 Å². The highest BCUT2D eigenvalue weighted by atomic mass is 32.2. The van der Waals surface area contributed by atoms with Gasteiger partial charge in [0.2, 0.25) is 0 Å². The number of morpholine rings is 1. The van der Waals surface area contributed by atoms with Crippen LogP contribution in [-0.2, 0) is 21.1 Å². The molecule has 4 rings (SSSR count). The molecule has 1 aromatic carbocycles. The molecule has 0 spiro atoms. The van der Waals surface area contributed by atoms with Gasteiger partial charge in [0.1, 0.15) is 11.5 Å². The van der Waals surface area contributed by atoms with E-state index in [1.54, 1.807) is 6.07 Å². The number of benzene rings is 1. The highest BCUT2D eigenvalue weighted by molar-refractivity contribution is 7.91. The van der Waals surface area contributed by atoms with Gasteiger partial charge in [0.05, 0.1) is 31.0 Å². The standard InChI is InChI=1S/C27H43NO5S/c1-19-7-8-25-26(2,3)9-6-10-27(25,4)22(19)18-34(30,31)24-16-20(32-5)15-23(29)21(24)17-28-11-13-33-14-12-28/h15-16,19,22,25,29H,6-14,17-18H2,1-5H3. The third-order valence-electron chi connectivity index (χ3n) is 9.33. The number of aromatic hydroxyl groups is 1. The van der Waals surface area contributed by atoms with Crippen molar-refractivity contribution in [3.63, 3.8) is 0 Å². The average molecular weight is 494 g/mol. The Kier molecular flexibility index (Phi) is 7.30. The van der Waals surface area contributed by atoms with Gasteiger partial charge in [-0.15, -0.1) is 0 Å². The minimum atomic E-state index is -3.65. The highest BCUT2D eigenvalue weighted by Crippen LogP contribution is 2.61. The van der Waals surface area contributed by atoms with Crippen molar-refractivity contribution in [3.05, 3.63) is 17.7 Å². The second-order valence-corrected chi connectivity index (χ2v) is 13.9. The van der Waals surface area contributed by atoms with E-state index in [0.717, 1.165) is 32.4 Å². The molecule has 7 heteroatoms. The first-order chi connectivity index (χ1) is 16.0. The van der Waals surface area contributed by atoms with Crippen LogP contribution in [0.5, 0.6) is 11.5 Å². The number of methoxy groups -OCH3 is 1. The Hall–Kier alpha value is -1.31. The molecule has 34 heavy (non-hydrogen) atoms. The maximum Gasteiger partial charge on any atom is 0.179 e. The van der Waals surface area contributed by atoms with Crippen LogP contribution in [0.3, 0.4) is 0 Å². The lowest BCUT2D eigenvalue weighted by Crippen LogP contribution is -2.52. The van der Waals surface area contributed by atoms with Gasteiger partial charge in [0.25, 0.3) is 0 Å². The van der Waals surface area contributed by atoms with Gasteiger partial charge in [-0.2, -0.15) is 0 Å². The molecule has 1 heterocycles. The third-order valence-corrected chi connectivity index (χ3v) is 11.2. The first-order valence-corrected chi connectivity index (χ1v) is 14.6. The number of phenols is 1. The number of hydrogen-bond acceptors (Lipinski definition) is 6. The zero-order chi connectivity index (χ0) is 24.7. The first-order valence-electron chi connectivity index (χ1n) is 12.9. The highest BCUT2D eigenvalue weighted by Gasteiger charge is 2.54. The van der Waals surface area contributed by atoms with Gasteiger partial charge in [0.15, 0.2) is 9.84 Å². The predicted molar refractivity (Wildman–Crippen MR) is 134 cm³/mol. The lowest BCUT2D eigenvalue weighted by Gasteiger charge is -2.59. The fourth-order valence-corrected chi connectivity index (χ4v) is 9.64. The summed E-state index contributed by atoms with van der Waals surface area (Å²) in [6.45, 7) is 12.4. The molecule has 0 bridgehead atoms. The van der Waals surface area contributed by atoms with E-state index in [0.29, 0.717) is 42.9 Å². The van der Waals surface area contributed by atoms with Gasteiger partial charge >= 0.3 is 0 Å². The SMILES string of the molecule is COc1cc(O)c(CN2CCOCC2)c(S(=O)(=O)CC2C(C)CCC3C(C)(C)CCCC23C)c1. The predicted octanol–water partition coefficient (Wildman–Crippen LogP) is 4.89. The molecule has 6 nitrogen and oxygen atoms in total. The average Bonchev–Trinajstić information content (AvgIpc) is 2.77. The molecule has 0 amide bonds. The number of rotatable bonds is 6. The Morgan fingerprint density at radius 1 is 1.15 bits per heavy atom. The molecule has 1 saturated heterocycles. The van der Waals surface area contributed by atoms with E-state index < -0.39 is 9.84 Å². The van der Waals surface area contributed by atoms with E-state index in [9.17, 15) is 13.5 Å². The zero-order valence-corrected chi connectivity index (χ0v) is 22.4. The van der Waals surface area contributed by atoms with Crippen LogP contribution in [0.15, 0.2) is 17.0 Å². The molecule has 1 N–H and O–H groups in total. The molecule has 0 aromatic heterocycles. The lowest BCUT2D eigenvalue weighted by molar-refractivity contribution is -0.0855. The minimum Gasteiger partial charge on any atom is -0.507 e. The third kappa shape index (κ3) is 4.85. The summed E-state index contributed by atoms with van der Waals surface area (Å²) in [5.74, 6) is 1.48. The Morgan fingerprint density at radius 2 is 1.85 bits per heavy atom. The van der Waals surface area contributed by atoms with E-state index in [1.807, 2.05) is 0 Å². The second kappa shape index (κ2) is 9.62. The van der Waals surface area contributed by atoms with Crippen LogP contribution in [0.4, 0.5) is 0 Å². The van der Waals surface area contributed by atoms with Crippen molar-refractivity contribution >= 4 is 9.84 Å². The molecular formula is C27H43NO5S. The number of ether oxygens (including phenoxy) is 2. The van der Waals surface area contributed by atoms with E-state index in [2.05, 4.69) is 32.6 Å². The molecule has 4 atom stereocenters. The Balaban J connectivity index is 1.70. The quantitative estimate of drug-likeness (QED) is 0.608. The van der Waals surface area contributed by atoms with Crippen molar-refractivity contribution in [2.45, 2.75) is 71.2 Å². The van der Waals surface area contributed by atoms with E-state index >= 15 is 0 Å². The number of fused-ring (bicyclic) bond motifs is 1. The summed E-state index contributed by atoms with van der Waals surface area (Å²) in [5, 5.41) is 10.9. The fourth-order valence-electron chi connectivity index (χ4n) is 7.44. The van der Waals surface area contributed by atoms with E-state index in [1.165, 1.54) is 26.0 Å². The van der Waals surface area contributed by atoms with Crippen LogP contribution in [0.25, 0.3) is 0 Å². The van der Waals surface area contributed by atoms with Crippen LogP contribution >= 0.6 is 0 Å². The van der Waals surface area contributed by atoms with E-state index in [4.69, 9.17) is 9.47 Å². The first kappa shape index (κ1) is 25.8. The molecule has 3 aliphatic rings. The Morgan fingerprint density at radius 3 is 2.53 bits per heavy atom. The zero-order valence-electron chi connectivity index (χ0n) is 21.6. The molecule has 4 unspecified atom stereocenters. The van der Waals surface area contributed by atoms with Crippen LogP contribution in [0.1, 0.15) is 65.4 Å². The number of hydrogen-bond donors (Lipinski definition) is 1. The largest absolute Gasteiger partial charge is 0.507 e. The fraction of sp³-hybridized carbons (Fsp3) is 0.778.